The third kappa shape index (κ3) is 1.76. The Labute approximate surface area is 85.9 Å². The van der Waals surface area contributed by atoms with Crippen molar-refractivity contribution in [1.29, 1.82) is 0 Å². The molecule has 2 rings (SSSR count). The summed E-state index contributed by atoms with van der Waals surface area (Å²) in [5.41, 5.74) is 2.29. The fraction of sp³-hybridized carbons (Fsp3) is 0.200. The van der Waals surface area contributed by atoms with E-state index in [0.29, 0.717) is 5.69 Å². The number of hydrogen-bond acceptors (Lipinski definition) is 3. The molecule has 1 N–H and O–H groups in total. The van der Waals surface area contributed by atoms with Gasteiger partial charge in [-0.15, -0.1) is 0 Å². The minimum atomic E-state index is -0.845. The Morgan fingerprint density at radius 1 is 1.53 bits per heavy atom. The van der Waals surface area contributed by atoms with E-state index in [2.05, 4.69) is 5.16 Å². The number of carboxylic acid groups (broad SMARTS) is 1. The lowest BCUT2D eigenvalue weighted by Crippen LogP contribution is -2.05. The standard InChI is InChI=1S/C10H10N2O3/c1-12-7(6-10(13)14)2-3-9(12)8-4-5-15-11-8/h2-5H,6H2,1H3,(H,13,14). The Hall–Kier alpha value is -2.04. The van der Waals surface area contributed by atoms with Crippen LogP contribution in [-0.2, 0) is 18.3 Å². The molecule has 0 aliphatic rings. The van der Waals surface area contributed by atoms with Crippen LogP contribution in [0, 0.1) is 0 Å². The second-order valence-electron chi connectivity index (χ2n) is 3.22. The van der Waals surface area contributed by atoms with Gasteiger partial charge in [0.25, 0.3) is 0 Å². The molecule has 0 radical (unpaired) electrons. The number of hydrogen-bond donors (Lipinski definition) is 1. The summed E-state index contributed by atoms with van der Waals surface area (Å²) in [7, 11) is 1.81. The van der Waals surface area contributed by atoms with E-state index in [9.17, 15) is 4.79 Å². The lowest BCUT2D eigenvalue weighted by Gasteiger charge is -2.03. The molecule has 0 saturated heterocycles. The van der Waals surface area contributed by atoms with Crippen molar-refractivity contribution in [3.63, 3.8) is 0 Å². The molecule has 0 aromatic carbocycles. The maximum absolute atomic E-state index is 10.6. The molecule has 5 nitrogen and oxygen atoms in total. The fourth-order valence-electron chi connectivity index (χ4n) is 1.49. The highest BCUT2D eigenvalue weighted by molar-refractivity contribution is 5.70. The number of rotatable bonds is 3. The van der Waals surface area contributed by atoms with Crippen LogP contribution in [-0.4, -0.2) is 20.8 Å². The zero-order chi connectivity index (χ0) is 10.8. The smallest absolute Gasteiger partial charge is 0.309 e. The lowest BCUT2D eigenvalue weighted by molar-refractivity contribution is -0.136. The first-order valence-electron chi connectivity index (χ1n) is 4.45. The Balaban J connectivity index is 2.36. The highest BCUT2D eigenvalue weighted by atomic mass is 16.5. The third-order valence-electron chi connectivity index (χ3n) is 2.26. The van der Waals surface area contributed by atoms with Crippen molar-refractivity contribution in [3.05, 3.63) is 30.2 Å². The zero-order valence-electron chi connectivity index (χ0n) is 8.17. The van der Waals surface area contributed by atoms with Crippen molar-refractivity contribution in [1.82, 2.24) is 9.72 Å². The van der Waals surface area contributed by atoms with Gasteiger partial charge in [0.05, 0.1) is 12.1 Å². The Bertz CT molecular complexity index is 471. The van der Waals surface area contributed by atoms with Crippen LogP contribution in [0.15, 0.2) is 29.0 Å². The molecule has 0 aliphatic heterocycles. The van der Waals surface area contributed by atoms with Gasteiger partial charge in [-0.1, -0.05) is 5.16 Å². The predicted octanol–water partition coefficient (Wildman–Crippen LogP) is 1.31. The Morgan fingerprint density at radius 3 is 2.93 bits per heavy atom. The topological polar surface area (TPSA) is 68.3 Å². The monoisotopic (exact) mass is 206 g/mol. The first kappa shape index (κ1) is 9.51. The van der Waals surface area contributed by atoms with Gasteiger partial charge in [0.1, 0.15) is 12.0 Å². The molecular weight excluding hydrogens is 196 g/mol. The quantitative estimate of drug-likeness (QED) is 0.822. The van der Waals surface area contributed by atoms with E-state index in [-0.39, 0.29) is 6.42 Å². The molecular formula is C10H10N2O3. The number of aromatic nitrogens is 2. The Kier molecular flexibility index (Phi) is 2.29. The van der Waals surface area contributed by atoms with Gasteiger partial charge in [0.15, 0.2) is 0 Å². The average Bonchev–Trinajstić information content (AvgIpc) is 2.76. The van der Waals surface area contributed by atoms with Gasteiger partial charge in [-0.2, -0.15) is 0 Å². The fourth-order valence-corrected chi connectivity index (χ4v) is 1.49. The summed E-state index contributed by atoms with van der Waals surface area (Å²) in [6.07, 6.45) is 1.49. The summed E-state index contributed by atoms with van der Waals surface area (Å²) in [6.45, 7) is 0. The number of carboxylic acids is 1. The van der Waals surface area contributed by atoms with Crippen molar-refractivity contribution in [2.24, 2.45) is 7.05 Å². The maximum Gasteiger partial charge on any atom is 0.309 e. The summed E-state index contributed by atoms with van der Waals surface area (Å²) < 4.78 is 6.53. The highest BCUT2D eigenvalue weighted by Gasteiger charge is 2.11. The molecule has 0 atom stereocenters. The van der Waals surface area contributed by atoms with E-state index in [4.69, 9.17) is 9.63 Å². The van der Waals surface area contributed by atoms with Gasteiger partial charge in [-0.05, 0) is 12.1 Å². The summed E-state index contributed by atoms with van der Waals surface area (Å²) in [6, 6.07) is 5.34. The average molecular weight is 206 g/mol. The predicted molar refractivity (Wildman–Crippen MR) is 52.2 cm³/mol. The van der Waals surface area contributed by atoms with Gasteiger partial charge in [-0.25, -0.2) is 0 Å². The molecule has 78 valence electrons. The highest BCUT2D eigenvalue weighted by Crippen LogP contribution is 2.19. The van der Waals surface area contributed by atoms with E-state index in [1.54, 1.807) is 16.7 Å². The van der Waals surface area contributed by atoms with Crippen LogP contribution in [0.4, 0.5) is 0 Å². The summed E-state index contributed by atoms with van der Waals surface area (Å²) >= 11 is 0. The van der Waals surface area contributed by atoms with Gasteiger partial charge in [-0.3, -0.25) is 4.79 Å². The maximum atomic E-state index is 10.6. The molecule has 2 heterocycles. The molecule has 0 saturated carbocycles. The molecule has 0 fully saturated rings. The van der Waals surface area contributed by atoms with Crippen molar-refractivity contribution in [2.75, 3.05) is 0 Å². The van der Waals surface area contributed by atoms with Crippen LogP contribution in [0.1, 0.15) is 5.69 Å². The van der Waals surface area contributed by atoms with Crippen LogP contribution < -0.4 is 0 Å². The molecule has 2 aromatic rings. The van der Waals surface area contributed by atoms with Crippen LogP contribution in [0.5, 0.6) is 0 Å². The van der Waals surface area contributed by atoms with Crippen molar-refractivity contribution >= 4 is 5.97 Å². The second-order valence-corrected chi connectivity index (χ2v) is 3.22. The number of nitrogens with zero attached hydrogens (tertiary/aromatic N) is 2. The number of carbonyl (C=O) groups is 1. The third-order valence-corrected chi connectivity index (χ3v) is 2.26. The molecule has 0 bridgehead atoms. The zero-order valence-corrected chi connectivity index (χ0v) is 8.17. The van der Waals surface area contributed by atoms with Gasteiger partial charge < -0.3 is 14.2 Å². The minimum Gasteiger partial charge on any atom is -0.481 e. The molecule has 2 aromatic heterocycles. The normalized spacial score (nSPS) is 10.5. The van der Waals surface area contributed by atoms with E-state index in [1.165, 1.54) is 6.26 Å². The SMILES string of the molecule is Cn1c(CC(=O)O)ccc1-c1ccon1. The van der Waals surface area contributed by atoms with Crippen LogP contribution in [0.2, 0.25) is 0 Å². The van der Waals surface area contributed by atoms with Crippen LogP contribution >= 0.6 is 0 Å². The van der Waals surface area contributed by atoms with Crippen LogP contribution in [0.3, 0.4) is 0 Å². The van der Waals surface area contributed by atoms with E-state index < -0.39 is 5.97 Å². The molecule has 0 aliphatic carbocycles. The second kappa shape index (κ2) is 3.61. The van der Waals surface area contributed by atoms with Crippen molar-refractivity contribution < 1.29 is 14.4 Å². The summed E-state index contributed by atoms with van der Waals surface area (Å²) in [5.74, 6) is -0.845. The molecule has 5 heteroatoms. The number of aliphatic carboxylic acids is 1. The lowest BCUT2D eigenvalue weighted by atomic mass is 10.3. The Morgan fingerprint density at radius 2 is 2.33 bits per heavy atom. The first-order valence-corrected chi connectivity index (χ1v) is 4.45. The minimum absolute atomic E-state index is 0.00829. The van der Waals surface area contributed by atoms with Crippen LogP contribution in [0.25, 0.3) is 11.4 Å². The van der Waals surface area contributed by atoms with E-state index >= 15 is 0 Å². The summed E-state index contributed by atoms with van der Waals surface area (Å²) in [5, 5.41) is 12.5. The van der Waals surface area contributed by atoms with E-state index in [0.717, 1.165) is 11.4 Å². The van der Waals surface area contributed by atoms with Gasteiger partial charge in [0, 0.05) is 18.8 Å². The van der Waals surface area contributed by atoms with Gasteiger partial charge in [0.2, 0.25) is 0 Å². The molecule has 0 unspecified atom stereocenters. The molecule has 0 amide bonds. The molecule has 15 heavy (non-hydrogen) atoms. The van der Waals surface area contributed by atoms with Gasteiger partial charge >= 0.3 is 5.97 Å². The molecule has 0 spiro atoms. The first-order chi connectivity index (χ1) is 7.18. The van der Waals surface area contributed by atoms with E-state index in [1.807, 2.05) is 13.1 Å². The largest absolute Gasteiger partial charge is 0.481 e. The van der Waals surface area contributed by atoms with Crippen molar-refractivity contribution in [3.8, 4) is 11.4 Å². The van der Waals surface area contributed by atoms with Crippen molar-refractivity contribution in [2.45, 2.75) is 6.42 Å². The summed E-state index contributed by atoms with van der Waals surface area (Å²) in [4.78, 5) is 10.6.